The minimum Gasteiger partial charge on any atom is -0.252 e. The molecule has 0 saturated carbocycles. The molecule has 0 aliphatic heterocycles. The van der Waals surface area contributed by atoms with Gasteiger partial charge >= 0.3 is 0 Å². The van der Waals surface area contributed by atoms with Crippen molar-refractivity contribution < 1.29 is 12.8 Å². The lowest BCUT2D eigenvalue weighted by atomic mass is 9.91. The van der Waals surface area contributed by atoms with E-state index >= 15 is 0 Å². The number of rotatable bonds is 2. The van der Waals surface area contributed by atoms with E-state index in [9.17, 15) is 12.8 Å². The van der Waals surface area contributed by atoms with Crippen LogP contribution in [0, 0.1) is 5.82 Å². The average molecular weight is 343 g/mol. The molecule has 0 atom stereocenters. The summed E-state index contributed by atoms with van der Waals surface area (Å²) in [6, 6.07) is 13.6. The van der Waals surface area contributed by atoms with Crippen LogP contribution in [0.4, 0.5) is 4.39 Å². The number of fused-ring (bicyclic) bond motifs is 1. The highest BCUT2D eigenvalue weighted by atomic mass is 32.2. The van der Waals surface area contributed by atoms with Gasteiger partial charge in [0.05, 0.1) is 15.3 Å². The van der Waals surface area contributed by atoms with Crippen LogP contribution < -0.4 is 0 Å². The Labute approximate surface area is 141 Å². The summed E-state index contributed by atoms with van der Waals surface area (Å²) in [5, 5.41) is 0.876. The van der Waals surface area contributed by atoms with Gasteiger partial charge in [0.15, 0.2) is 0 Å². The smallest absolute Gasteiger partial charge is 0.206 e. The minimum atomic E-state index is -3.70. The van der Waals surface area contributed by atoms with Gasteiger partial charge in [0.25, 0.3) is 0 Å². The quantitative estimate of drug-likeness (QED) is 0.644. The highest BCUT2D eigenvalue weighted by molar-refractivity contribution is 7.91. The van der Waals surface area contributed by atoms with E-state index in [1.54, 1.807) is 18.2 Å². The van der Waals surface area contributed by atoms with Crippen LogP contribution in [0.25, 0.3) is 10.9 Å². The van der Waals surface area contributed by atoms with Gasteiger partial charge in [-0.25, -0.2) is 12.8 Å². The fourth-order valence-corrected chi connectivity index (χ4v) is 3.71. The average Bonchev–Trinajstić information content (AvgIpc) is 2.53. The first-order valence-electron chi connectivity index (χ1n) is 7.60. The van der Waals surface area contributed by atoms with Gasteiger partial charge < -0.3 is 0 Å². The summed E-state index contributed by atoms with van der Waals surface area (Å²) in [5.74, 6) is -0.469. The van der Waals surface area contributed by atoms with E-state index in [-0.39, 0.29) is 15.2 Å². The number of halogens is 1. The third kappa shape index (κ3) is 3.04. The zero-order valence-electron chi connectivity index (χ0n) is 13.7. The van der Waals surface area contributed by atoms with Crippen LogP contribution in [0.5, 0.6) is 0 Å². The first-order valence-corrected chi connectivity index (χ1v) is 9.08. The topological polar surface area (TPSA) is 47.0 Å². The molecule has 0 N–H and O–H groups in total. The first-order chi connectivity index (χ1) is 11.2. The molecule has 5 heteroatoms. The van der Waals surface area contributed by atoms with Crippen LogP contribution in [-0.4, -0.2) is 13.4 Å². The van der Waals surface area contributed by atoms with E-state index in [2.05, 4.69) is 25.8 Å². The third-order valence-electron chi connectivity index (χ3n) is 3.87. The molecule has 0 bridgehead atoms. The second-order valence-electron chi connectivity index (χ2n) is 6.76. The Hall–Kier alpha value is -2.27. The third-order valence-corrected chi connectivity index (χ3v) is 5.63. The molecule has 3 rings (SSSR count). The molecular formula is C19H18FNO2S. The Morgan fingerprint density at radius 1 is 0.875 bits per heavy atom. The molecule has 1 aromatic heterocycles. The van der Waals surface area contributed by atoms with Crippen LogP contribution in [0.15, 0.2) is 64.4 Å². The zero-order valence-corrected chi connectivity index (χ0v) is 14.6. The molecule has 1 heterocycles. The lowest BCUT2D eigenvalue weighted by molar-refractivity contribution is 0.571. The van der Waals surface area contributed by atoms with Crippen molar-refractivity contribution in [1.29, 1.82) is 0 Å². The highest BCUT2D eigenvalue weighted by Gasteiger charge is 2.20. The monoisotopic (exact) mass is 343 g/mol. The second kappa shape index (κ2) is 5.67. The van der Waals surface area contributed by atoms with Crippen LogP contribution in [-0.2, 0) is 15.3 Å². The summed E-state index contributed by atoms with van der Waals surface area (Å²) in [7, 11) is -3.70. The maximum Gasteiger partial charge on any atom is 0.206 e. The molecule has 0 fully saturated rings. The number of pyridine rings is 1. The first kappa shape index (κ1) is 16.6. The molecule has 0 aliphatic carbocycles. The standard InChI is InChI=1S/C19H18FNO2S/c1-19(2,3)18-11-5-13-4-8-16(12-17(13)21-18)24(22,23)15-9-6-14(20)7-10-15/h4-12H,1-3H3. The molecule has 0 amide bonds. The Balaban J connectivity index is 2.14. The van der Waals surface area contributed by atoms with E-state index in [0.717, 1.165) is 23.2 Å². The molecule has 2 aromatic carbocycles. The van der Waals surface area contributed by atoms with Gasteiger partial charge in [0.1, 0.15) is 5.82 Å². The summed E-state index contributed by atoms with van der Waals surface area (Å²) in [6.45, 7) is 6.17. The van der Waals surface area contributed by atoms with Gasteiger partial charge in [-0.1, -0.05) is 32.9 Å². The lowest BCUT2D eigenvalue weighted by Gasteiger charge is -2.18. The summed E-state index contributed by atoms with van der Waals surface area (Å²) in [4.78, 5) is 4.82. The van der Waals surface area contributed by atoms with E-state index in [1.807, 2.05) is 12.1 Å². The molecule has 124 valence electrons. The van der Waals surface area contributed by atoms with Gasteiger partial charge in [0.2, 0.25) is 9.84 Å². The SMILES string of the molecule is CC(C)(C)c1ccc2ccc(S(=O)(=O)c3ccc(F)cc3)cc2n1. The Morgan fingerprint density at radius 3 is 2.08 bits per heavy atom. The van der Waals surface area contributed by atoms with Crippen LogP contribution in [0.3, 0.4) is 0 Å². The lowest BCUT2D eigenvalue weighted by Crippen LogP contribution is -2.13. The molecule has 3 aromatic rings. The normalized spacial score (nSPS) is 12.5. The summed E-state index contributed by atoms with van der Waals surface area (Å²) < 4.78 is 38.5. The number of aromatic nitrogens is 1. The van der Waals surface area contributed by atoms with E-state index in [1.165, 1.54) is 12.1 Å². The summed E-state index contributed by atoms with van der Waals surface area (Å²) >= 11 is 0. The van der Waals surface area contributed by atoms with Gasteiger partial charge in [-0.15, -0.1) is 0 Å². The number of sulfone groups is 1. The van der Waals surface area contributed by atoms with Crippen molar-refractivity contribution in [3.05, 3.63) is 66.1 Å². The number of hydrogen-bond donors (Lipinski definition) is 0. The van der Waals surface area contributed by atoms with Crippen LogP contribution in [0.2, 0.25) is 0 Å². The summed E-state index contributed by atoms with van der Waals surface area (Å²) in [5.41, 5.74) is 1.40. The number of benzene rings is 2. The molecule has 0 aliphatic rings. The molecule has 0 saturated heterocycles. The fourth-order valence-electron chi connectivity index (χ4n) is 2.43. The van der Waals surface area contributed by atoms with Gasteiger partial charge in [-0.2, -0.15) is 0 Å². The number of hydrogen-bond acceptors (Lipinski definition) is 3. The minimum absolute atomic E-state index is 0.0650. The van der Waals surface area contributed by atoms with Crippen molar-refractivity contribution in [2.45, 2.75) is 36.0 Å². The van der Waals surface area contributed by atoms with Gasteiger partial charge in [-0.05, 0) is 42.5 Å². The van der Waals surface area contributed by atoms with E-state index in [4.69, 9.17) is 0 Å². The Bertz CT molecular complexity index is 1000. The molecule has 0 unspecified atom stereocenters. The maximum atomic E-state index is 13.0. The van der Waals surface area contributed by atoms with E-state index in [0.29, 0.717) is 5.52 Å². The highest BCUT2D eigenvalue weighted by Crippen LogP contribution is 2.27. The van der Waals surface area contributed by atoms with Crippen molar-refractivity contribution in [2.24, 2.45) is 0 Å². The molecule has 3 nitrogen and oxygen atoms in total. The van der Waals surface area contributed by atoms with Gasteiger partial charge in [-0.3, -0.25) is 4.98 Å². The molecule has 24 heavy (non-hydrogen) atoms. The Morgan fingerprint density at radius 2 is 1.46 bits per heavy atom. The van der Waals surface area contributed by atoms with Crippen molar-refractivity contribution >= 4 is 20.7 Å². The zero-order chi connectivity index (χ0) is 17.5. The Kier molecular flexibility index (Phi) is 3.92. The largest absolute Gasteiger partial charge is 0.252 e. The molecule has 0 radical (unpaired) electrons. The van der Waals surface area contributed by atoms with Crippen molar-refractivity contribution in [2.75, 3.05) is 0 Å². The summed E-state index contributed by atoms with van der Waals surface area (Å²) in [6.07, 6.45) is 0. The van der Waals surface area contributed by atoms with Gasteiger partial charge in [0, 0.05) is 16.5 Å². The number of nitrogens with zero attached hydrogens (tertiary/aromatic N) is 1. The van der Waals surface area contributed by atoms with Crippen LogP contribution in [0.1, 0.15) is 26.5 Å². The van der Waals surface area contributed by atoms with Crippen molar-refractivity contribution in [3.63, 3.8) is 0 Å². The van der Waals surface area contributed by atoms with Crippen molar-refractivity contribution in [3.8, 4) is 0 Å². The van der Waals surface area contributed by atoms with Crippen molar-refractivity contribution in [1.82, 2.24) is 4.98 Å². The van der Waals surface area contributed by atoms with E-state index < -0.39 is 15.7 Å². The molecular weight excluding hydrogens is 325 g/mol. The predicted molar refractivity (Wildman–Crippen MR) is 92.3 cm³/mol. The second-order valence-corrected chi connectivity index (χ2v) is 8.71. The molecule has 0 spiro atoms. The predicted octanol–water partition coefficient (Wildman–Crippen LogP) is 4.50. The fraction of sp³-hybridized carbons (Fsp3) is 0.211. The van der Waals surface area contributed by atoms with Crippen LogP contribution >= 0.6 is 0 Å². The maximum absolute atomic E-state index is 13.0.